The fraction of sp³-hybridized carbons (Fsp3) is 0.636. The summed E-state index contributed by atoms with van der Waals surface area (Å²) in [6, 6.07) is 7.96. The normalized spacial score (nSPS) is 13.0. The lowest BCUT2D eigenvalue weighted by atomic mass is 9.94. The molecule has 0 saturated heterocycles. The fourth-order valence-electron chi connectivity index (χ4n) is 2.60. The van der Waals surface area contributed by atoms with Gasteiger partial charge in [-0.05, 0) is 78.5 Å². The monoisotopic (exact) mass is 455 g/mol. The molecule has 0 saturated carbocycles. The number of hydrogen-bond acceptors (Lipinski definition) is 4. The molecule has 1 aromatic carbocycles. The van der Waals surface area contributed by atoms with Crippen LogP contribution in [-0.4, -0.2) is 41.8 Å². The minimum Gasteiger partial charge on any atom is -0.460 e. The van der Waals surface area contributed by atoms with Gasteiger partial charge in [-0.1, -0.05) is 28.1 Å². The highest BCUT2D eigenvalue weighted by atomic mass is 79.9. The van der Waals surface area contributed by atoms with Gasteiger partial charge in [0.25, 0.3) is 0 Å². The summed E-state index contributed by atoms with van der Waals surface area (Å²) >= 11 is 3.43. The van der Waals surface area contributed by atoms with Gasteiger partial charge in [0.05, 0.1) is 5.92 Å². The number of carbonyl (C=O) groups is 2. The zero-order valence-electron chi connectivity index (χ0n) is 18.2. The Labute approximate surface area is 177 Å². The first-order chi connectivity index (χ1) is 12.8. The number of hydrogen-bond donors (Lipinski definition) is 0. The van der Waals surface area contributed by atoms with E-state index < -0.39 is 11.2 Å². The average Bonchev–Trinajstić information content (AvgIpc) is 2.52. The van der Waals surface area contributed by atoms with E-state index in [1.807, 2.05) is 65.8 Å². The van der Waals surface area contributed by atoms with Crippen LogP contribution in [0.4, 0.5) is 4.79 Å². The molecule has 1 aromatic rings. The summed E-state index contributed by atoms with van der Waals surface area (Å²) in [6.07, 6.45) is 1.58. The van der Waals surface area contributed by atoms with Crippen LogP contribution >= 0.6 is 15.9 Å². The molecule has 158 valence electrons. The third-order valence-corrected chi connectivity index (χ3v) is 4.42. The van der Waals surface area contributed by atoms with Crippen LogP contribution < -0.4 is 0 Å². The van der Waals surface area contributed by atoms with Crippen molar-refractivity contribution in [3.8, 4) is 0 Å². The predicted molar refractivity (Wildman–Crippen MR) is 115 cm³/mol. The average molecular weight is 456 g/mol. The number of rotatable bonds is 7. The Morgan fingerprint density at radius 1 is 1.00 bits per heavy atom. The summed E-state index contributed by atoms with van der Waals surface area (Å²) in [4.78, 5) is 26.3. The minimum atomic E-state index is -0.525. The highest BCUT2D eigenvalue weighted by Gasteiger charge is 2.26. The van der Waals surface area contributed by atoms with E-state index in [2.05, 4.69) is 15.9 Å². The van der Waals surface area contributed by atoms with Crippen LogP contribution in [-0.2, 0) is 20.7 Å². The Hall–Kier alpha value is -1.56. The van der Waals surface area contributed by atoms with E-state index in [0.717, 1.165) is 10.0 Å². The Bertz CT molecular complexity index is 644. The zero-order chi connectivity index (χ0) is 21.5. The van der Waals surface area contributed by atoms with Crippen molar-refractivity contribution in [3.05, 3.63) is 34.3 Å². The van der Waals surface area contributed by atoms with E-state index >= 15 is 0 Å². The molecule has 0 fully saturated rings. The second kappa shape index (κ2) is 10.3. The predicted octanol–water partition coefficient (Wildman–Crippen LogP) is 5.60. The highest BCUT2D eigenvalue weighted by Crippen LogP contribution is 2.21. The van der Waals surface area contributed by atoms with Crippen LogP contribution in [0.25, 0.3) is 0 Å². The molecular weight excluding hydrogens is 422 g/mol. The number of carbonyl (C=O) groups excluding carboxylic acids is 2. The SMILES string of the molecule is CN(CCCC(Cc1ccc(Br)cc1)C(=O)OC(C)(C)C)C(=O)OC(C)(C)C. The van der Waals surface area contributed by atoms with E-state index in [9.17, 15) is 9.59 Å². The van der Waals surface area contributed by atoms with Crippen molar-refractivity contribution in [2.75, 3.05) is 13.6 Å². The molecule has 1 amide bonds. The molecule has 1 unspecified atom stereocenters. The topological polar surface area (TPSA) is 55.8 Å². The lowest BCUT2D eigenvalue weighted by Gasteiger charge is -2.26. The van der Waals surface area contributed by atoms with Gasteiger partial charge in [-0.2, -0.15) is 0 Å². The largest absolute Gasteiger partial charge is 0.460 e. The Kier molecular flexibility index (Phi) is 8.99. The van der Waals surface area contributed by atoms with E-state index in [0.29, 0.717) is 25.8 Å². The Morgan fingerprint density at radius 3 is 2.04 bits per heavy atom. The molecular formula is C22H34BrNO4. The summed E-state index contributed by atoms with van der Waals surface area (Å²) in [6.45, 7) is 11.7. The summed E-state index contributed by atoms with van der Waals surface area (Å²) in [5.41, 5.74) is 0.0356. The highest BCUT2D eigenvalue weighted by molar-refractivity contribution is 9.10. The van der Waals surface area contributed by atoms with Crippen LogP contribution in [0.15, 0.2) is 28.7 Å². The second-order valence-corrected chi connectivity index (χ2v) is 10.0. The molecule has 0 aliphatic rings. The third-order valence-electron chi connectivity index (χ3n) is 3.89. The quantitative estimate of drug-likeness (QED) is 0.502. The second-order valence-electron chi connectivity index (χ2n) is 9.11. The summed E-state index contributed by atoms with van der Waals surface area (Å²) in [5, 5.41) is 0. The van der Waals surface area contributed by atoms with Crippen LogP contribution in [0.5, 0.6) is 0 Å². The molecule has 0 bridgehead atoms. The van der Waals surface area contributed by atoms with E-state index in [1.54, 1.807) is 11.9 Å². The van der Waals surface area contributed by atoms with Crippen molar-refractivity contribution in [1.82, 2.24) is 4.90 Å². The van der Waals surface area contributed by atoms with Gasteiger partial charge in [0, 0.05) is 18.1 Å². The van der Waals surface area contributed by atoms with Crippen LogP contribution in [0.2, 0.25) is 0 Å². The van der Waals surface area contributed by atoms with Gasteiger partial charge < -0.3 is 14.4 Å². The standard InChI is InChI=1S/C22H34BrNO4/c1-21(2,3)27-19(25)17(15-16-10-12-18(23)13-11-16)9-8-14-24(7)20(26)28-22(4,5)6/h10-13,17H,8-9,14-15H2,1-7H3. The maximum Gasteiger partial charge on any atom is 0.410 e. The molecule has 5 nitrogen and oxygen atoms in total. The van der Waals surface area contributed by atoms with Gasteiger partial charge in [-0.3, -0.25) is 4.79 Å². The third kappa shape index (κ3) is 10.1. The van der Waals surface area contributed by atoms with Crippen molar-refractivity contribution in [2.45, 2.75) is 72.0 Å². The molecule has 0 spiro atoms. The zero-order valence-corrected chi connectivity index (χ0v) is 19.8. The van der Waals surface area contributed by atoms with Crippen LogP contribution in [0, 0.1) is 5.92 Å². The number of ether oxygens (including phenoxy) is 2. The molecule has 1 atom stereocenters. The van der Waals surface area contributed by atoms with E-state index in [-0.39, 0.29) is 18.0 Å². The fourth-order valence-corrected chi connectivity index (χ4v) is 2.86. The molecule has 0 N–H and O–H groups in total. The van der Waals surface area contributed by atoms with Crippen molar-refractivity contribution >= 4 is 28.0 Å². The van der Waals surface area contributed by atoms with Crippen molar-refractivity contribution < 1.29 is 19.1 Å². The lowest BCUT2D eigenvalue weighted by molar-refractivity contribution is -0.160. The van der Waals surface area contributed by atoms with Gasteiger partial charge in [0.1, 0.15) is 11.2 Å². The Balaban J connectivity index is 2.70. The first-order valence-corrected chi connectivity index (χ1v) is 10.5. The first kappa shape index (κ1) is 24.5. The molecule has 0 heterocycles. The number of nitrogens with zero attached hydrogens (tertiary/aromatic N) is 1. The van der Waals surface area contributed by atoms with Crippen molar-refractivity contribution in [2.24, 2.45) is 5.92 Å². The van der Waals surface area contributed by atoms with E-state index in [4.69, 9.17) is 9.47 Å². The number of benzene rings is 1. The van der Waals surface area contributed by atoms with Gasteiger partial charge >= 0.3 is 12.1 Å². The smallest absolute Gasteiger partial charge is 0.410 e. The summed E-state index contributed by atoms with van der Waals surface area (Å²) in [5.74, 6) is -0.456. The maximum atomic E-state index is 12.7. The van der Waals surface area contributed by atoms with Crippen LogP contribution in [0.1, 0.15) is 59.9 Å². The maximum absolute atomic E-state index is 12.7. The van der Waals surface area contributed by atoms with Gasteiger partial charge in [0.2, 0.25) is 0 Å². The molecule has 0 aliphatic heterocycles. The molecule has 0 aromatic heterocycles. The molecule has 6 heteroatoms. The Morgan fingerprint density at radius 2 is 1.54 bits per heavy atom. The van der Waals surface area contributed by atoms with Crippen molar-refractivity contribution in [1.29, 1.82) is 0 Å². The molecule has 0 aliphatic carbocycles. The molecule has 1 rings (SSSR count). The number of amides is 1. The molecule has 28 heavy (non-hydrogen) atoms. The van der Waals surface area contributed by atoms with Crippen molar-refractivity contribution in [3.63, 3.8) is 0 Å². The lowest BCUT2D eigenvalue weighted by Crippen LogP contribution is -2.35. The van der Waals surface area contributed by atoms with Gasteiger partial charge in [0.15, 0.2) is 0 Å². The van der Waals surface area contributed by atoms with Gasteiger partial charge in [-0.25, -0.2) is 4.79 Å². The number of esters is 1. The first-order valence-electron chi connectivity index (χ1n) is 9.68. The summed E-state index contributed by atoms with van der Waals surface area (Å²) < 4.78 is 12.0. The molecule has 0 radical (unpaired) electrons. The van der Waals surface area contributed by atoms with Crippen LogP contribution in [0.3, 0.4) is 0 Å². The van der Waals surface area contributed by atoms with Gasteiger partial charge in [-0.15, -0.1) is 0 Å². The van der Waals surface area contributed by atoms with E-state index in [1.165, 1.54) is 0 Å². The minimum absolute atomic E-state index is 0.199. The number of halogens is 1. The summed E-state index contributed by atoms with van der Waals surface area (Å²) in [7, 11) is 1.71.